The number of alkyl halides is 9. The molecular formula is C18H11F10NO3. The minimum absolute atomic E-state index is 0.0103. The first kappa shape index (κ1) is 25.2. The third-order valence-electron chi connectivity index (χ3n) is 3.89. The first-order chi connectivity index (χ1) is 14.6. The molecule has 0 unspecified atom stereocenters. The first-order valence-electron chi connectivity index (χ1n) is 8.37. The van der Waals surface area contributed by atoms with Gasteiger partial charge < -0.3 is 9.47 Å². The van der Waals surface area contributed by atoms with Gasteiger partial charge in [0.2, 0.25) is 0 Å². The number of ether oxygens (including phenoxy) is 2. The SMILES string of the molecule is CCOC(=O)c1cnc(Oc2ccc(C(F)(F)C(F)(F)C(F)(F)C(F)(F)F)cc2)c(F)c1. The zero-order chi connectivity index (χ0) is 24.5. The molecule has 1 aromatic carbocycles. The Kier molecular flexibility index (Phi) is 6.67. The first-order valence-corrected chi connectivity index (χ1v) is 8.37. The summed E-state index contributed by atoms with van der Waals surface area (Å²) in [6.45, 7) is 1.48. The zero-order valence-corrected chi connectivity index (χ0v) is 15.6. The van der Waals surface area contributed by atoms with Crippen molar-refractivity contribution in [2.24, 2.45) is 0 Å². The number of carbonyl (C=O) groups excluding carboxylic acids is 1. The summed E-state index contributed by atoms with van der Waals surface area (Å²) in [6.07, 6.45) is -6.10. The van der Waals surface area contributed by atoms with Crippen LogP contribution in [0.1, 0.15) is 22.8 Å². The predicted molar refractivity (Wildman–Crippen MR) is 86.5 cm³/mol. The maximum atomic E-state index is 14.0. The van der Waals surface area contributed by atoms with Crippen molar-refractivity contribution in [1.29, 1.82) is 0 Å². The van der Waals surface area contributed by atoms with E-state index in [2.05, 4.69) is 9.72 Å². The van der Waals surface area contributed by atoms with Gasteiger partial charge in [0.1, 0.15) is 5.75 Å². The lowest BCUT2D eigenvalue weighted by atomic mass is 9.97. The smallest absolute Gasteiger partial charge is 0.460 e. The Labute approximate surface area is 172 Å². The number of halogens is 10. The van der Waals surface area contributed by atoms with Crippen molar-refractivity contribution >= 4 is 5.97 Å². The van der Waals surface area contributed by atoms with Crippen molar-refractivity contribution in [1.82, 2.24) is 4.98 Å². The van der Waals surface area contributed by atoms with Gasteiger partial charge in [-0.2, -0.15) is 39.5 Å². The van der Waals surface area contributed by atoms with Crippen LogP contribution < -0.4 is 4.74 Å². The van der Waals surface area contributed by atoms with Gasteiger partial charge in [0.05, 0.1) is 12.2 Å². The molecule has 0 saturated carbocycles. The highest BCUT2D eigenvalue weighted by Gasteiger charge is 2.82. The van der Waals surface area contributed by atoms with Crippen LogP contribution in [0.4, 0.5) is 43.9 Å². The minimum atomic E-state index is -7.04. The maximum Gasteiger partial charge on any atom is 0.460 e. The summed E-state index contributed by atoms with van der Waals surface area (Å²) in [6, 6.07) is 1.85. The lowest BCUT2D eigenvalue weighted by molar-refractivity contribution is -0.399. The van der Waals surface area contributed by atoms with Crippen LogP contribution in [0.5, 0.6) is 11.6 Å². The van der Waals surface area contributed by atoms with E-state index in [0.717, 1.165) is 6.20 Å². The molecular weight excluding hydrogens is 468 g/mol. The number of aromatic nitrogens is 1. The molecule has 1 heterocycles. The van der Waals surface area contributed by atoms with Crippen LogP contribution in [0.25, 0.3) is 0 Å². The molecule has 0 saturated heterocycles. The number of rotatable bonds is 7. The monoisotopic (exact) mass is 479 g/mol. The van der Waals surface area contributed by atoms with E-state index in [4.69, 9.17) is 4.74 Å². The van der Waals surface area contributed by atoms with E-state index in [-0.39, 0.29) is 24.3 Å². The summed E-state index contributed by atoms with van der Waals surface area (Å²) in [5.74, 6) is -23.2. The molecule has 14 heteroatoms. The number of esters is 1. The molecule has 0 spiro atoms. The molecule has 176 valence electrons. The molecule has 32 heavy (non-hydrogen) atoms. The lowest BCUT2D eigenvalue weighted by Crippen LogP contribution is -2.59. The largest absolute Gasteiger partial charge is 0.462 e. The van der Waals surface area contributed by atoms with Crippen LogP contribution in [0, 0.1) is 5.82 Å². The van der Waals surface area contributed by atoms with Gasteiger partial charge in [-0.05, 0) is 37.3 Å². The van der Waals surface area contributed by atoms with Gasteiger partial charge in [-0.15, -0.1) is 0 Å². The lowest BCUT2D eigenvalue weighted by Gasteiger charge is -2.33. The molecule has 0 aliphatic heterocycles. The van der Waals surface area contributed by atoms with Gasteiger partial charge in [0, 0.05) is 11.8 Å². The molecule has 2 aromatic rings. The van der Waals surface area contributed by atoms with E-state index < -0.39 is 52.9 Å². The molecule has 1 aromatic heterocycles. The standard InChI is InChI=1S/C18H11F10NO3/c1-2-31-14(30)9-7-12(19)13(29-8-9)32-11-5-3-10(4-6-11)15(20,21)16(22,23)17(24,25)18(26,27)28/h3-8H,2H2,1H3. The fraction of sp³-hybridized carbons (Fsp3) is 0.333. The number of carbonyl (C=O) groups is 1. The zero-order valence-electron chi connectivity index (χ0n) is 15.6. The van der Waals surface area contributed by atoms with Crippen LogP contribution in [-0.2, 0) is 10.7 Å². The van der Waals surface area contributed by atoms with E-state index >= 15 is 0 Å². The minimum Gasteiger partial charge on any atom is -0.462 e. The van der Waals surface area contributed by atoms with E-state index in [1.807, 2.05) is 0 Å². The quantitative estimate of drug-likeness (QED) is 0.355. The number of hydrogen-bond acceptors (Lipinski definition) is 4. The highest BCUT2D eigenvalue weighted by molar-refractivity contribution is 5.89. The number of hydrogen-bond donors (Lipinski definition) is 0. The van der Waals surface area contributed by atoms with Crippen LogP contribution in [0.2, 0.25) is 0 Å². The molecule has 0 bridgehead atoms. The molecule has 0 fully saturated rings. The van der Waals surface area contributed by atoms with Crippen LogP contribution in [0.3, 0.4) is 0 Å². The van der Waals surface area contributed by atoms with Gasteiger partial charge in [0.25, 0.3) is 5.88 Å². The Morgan fingerprint density at radius 3 is 1.97 bits per heavy atom. The molecule has 0 radical (unpaired) electrons. The molecule has 0 N–H and O–H groups in total. The number of benzene rings is 1. The molecule has 0 aliphatic carbocycles. The van der Waals surface area contributed by atoms with E-state index in [1.54, 1.807) is 0 Å². The Morgan fingerprint density at radius 1 is 0.938 bits per heavy atom. The number of nitrogens with zero attached hydrogens (tertiary/aromatic N) is 1. The summed E-state index contributed by atoms with van der Waals surface area (Å²) < 4.78 is 141. The fourth-order valence-electron chi connectivity index (χ4n) is 2.23. The molecule has 4 nitrogen and oxygen atoms in total. The summed E-state index contributed by atoms with van der Waals surface area (Å²) >= 11 is 0. The molecule has 0 atom stereocenters. The third-order valence-corrected chi connectivity index (χ3v) is 3.89. The predicted octanol–water partition coefficient (Wildman–Crippen LogP) is 6.11. The van der Waals surface area contributed by atoms with E-state index in [0.29, 0.717) is 18.2 Å². The van der Waals surface area contributed by atoms with Gasteiger partial charge in [-0.1, -0.05) is 0 Å². The average molecular weight is 479 g/mol. The average Bonchev–Trinajstić information content (AvgIpc) is 2.69. The highest BCUT2D eigenvalue weighted by Crippen LogP contribution is 2.56. The summed E-state index contributed by atoms with van der Waals surface area (Å²) in [7, 11) is 0. The van der Waals surface area contributed by atoms with Crippen molar-refractivity contribution in [3.63, 3.8) is 0 Å². The second kappa shape index (κ2) is 8.47. The summed E-state index contributed by atoms with van der Waals surface area (Å²) in [5, 5.41) is 0. The third kappa shape index (κ3) is 4.43. The topological polar surface area (TPSA) is 48.4 Å². The fourth-order valence-corrected chi connectivity index (χ4v) is 2.23. The van der Waals surface area contributed by atoms with Crippen LogP contribution in [-0.4, -0.2) is 35.6 Å². The second-order valence-electron chi connectivity index (χ2n) is 6.08. The molecule has 2 rings (SSSR count). The van der Waals surface area contributed by atoms with E-state index in [1.165, 1.54) is 6.92 Å². The van der Waals surface area contributed by atoms with Crippen molar-refractivity contribution in [3.05, 3.63) is 53.5 Å². The van der Waals surface area contributed by atoms with Crippen LogP contribution >= 0.6 is 0 Å². The number of pyridine rings is 1. The summed E-state index contributed by atoms with van der Waals surface area (Å²) in [4.78, 5) is 14.9. The van der Waals surface area contributed by atoms with Gasteiger partial charge in [-0.3, -0.25) is 0 Å². The summed E-state index contributed by atoms with van der Waals surface area (Å²) in [5.41, 5.74) is -2.18. The highest BCUT2D eigenvalue weighted by atomic mass is 19.4. The molecule has 0 amide bonds. The Balaban J connectivity index is 2.27. The normalized spacial score (nSPS) is 13.1. The van der Waals surface area contributed by atoms with Gasteiger partial charge in [-0.25, -0.2) is 14.2 Å². The van der Waals surface area contributed by atoms with Gasteiger partial charge >= 0.3 is 29.9 Å². The Hall–Kier alpha value is -3.06. The van der Waals surface area contributed by atoms with Crippen molar-refractivity contribution in [3.8, 4) is 11.6 Å². The van der Waals surface area contributed by atoms with Gasteiger partial charge in [0.15, 0.2) is 5.82 Å². The van der Waals surface area contributed by atoms with Crippen LogP contribution in [0.15, 0.2) is 36.5 Å². The van der Waals surface area contributed by atoms with E-state index in [9.17, 15) is 48.7 Å². The van der Waals surface area contributed by atoms with Crippen molar-refractivity contribution in [2.75, 3.05) is 6.61 Å². The molecule has 0 aliphatic rings. The Bertz CT molecular complexity index is 974. The Morgan fingerprint density at radius 2 is 1.50 bits per heavy atom. The maximum absolute atomic E-state index is 14.0. The second-order valence-corrected chi connectivity index (χ2v) is 6.08. The van der Waals surface area contributed by atoms with Crippen molar-refractivity contribution < 1.29 is 58.2 Å². The van der Waals surface area contributed by atoms with Crippen molar-refractivity contribution in [2.45, 2.75) is 30.9 Å².